The Morgan fingerprint density at radius 3 is 2.58 bits per heavy atom. The third kappa shape index (κ3) is 4.12. The van der Waals surface area contributed by atoms with E-state index in [0.717, 1.165) is 16.9 Å². The molecule has 1 aromatic carbocycles. The third-order valence-electron chi connectivity index (χ3n) is 2.71. The molecule has 1 amide bonds. The highest BCUT2D eigenvalue weighted by molar-refractivity contribution is 5.95. The first kappa shape index (κ1) is 15.3. The van der Waals surface area contributed by atoms with Crippen molar-refractivity contribution in [2.24, 2.45) is 0 Å². The van der Waals surface area contributed by atoms with Crippen LogP contribution in [0.4, 0.5) is 13.2 Å². The van der Waals surface area contributed by atoms with Crippen LogP contribution in [0.25, 0.3) is 12.7 Å². The number of hydrogen-bond acceptors (Lipinski definition) is 1. The molecule has 0 bridgehead atoms. The van der Waals surface area contributed by atoms with Crippen molar-refractivity contribution in [3.05, 3.63) is 33.7 Å². The first-order chi connectivity index (χ1) is 8.76. The van der Waals surface area contributed by atoms with Crippen LogP contribution in [0.1, 0.15) is 29.3 Å². The summed E-state index contributed by atoms with van der Waals surface area (Å²) in [5, 5.41) is 3.43. The normalized spacial score (nSPS) is 12.6. The van der Waals surface area contributed by atoms with E-state index < -0.39 is 18.6 Å². The van der Waals surface area contributed by atoms with Crippen LogP contribution in [0.5, 0.6) is 0 Å². The molecule has 19 heavy (non-hydrogen) atoms. The van der Waals surface area contributed by atoms with Gasteiger partial charge in [0, 0.05) is 5.56 Å². The number of benzene rings is 1. The van der Waals surface area contributed by atoms with E-state index in [1.165, 1.54) is 6.07 Å². The zero-order chi connectivity index (χ0) is 14.6. The molecule has 0 aromatic heterocycles. The lowest BCUT2D eigenvalue weighted by atomic mass is 10.0. The predicted octanol–water partition coefficient (Wildman–Crippen LogP) is 1.89. The molecular formula is C14H16F3NO. The molecule has 0 aliphatic heterocycles. The number of nitrogens with one attached hydrogen (secondary N) is 1. The number of halogens is 3. The molecule has 1 aromatic rings. The van der Waals surface area contributed by atoms with Crippen molar-refractivity contribution in [2.45, 2.75) is 26.4 Å². The van der Waals surface area contributed by atoms with Crippen LogP contribution in [0.3, 0.4) is 0 Å². The van der Waals surface area contributed by atoms with E-state index in [0.29, 0.717) is 5.56 Å². The fourth-order valence-electron chi connectivity index (χ4n) is 1.79. The molecule has 0 aliphatic rings. The van der Waals surface area contributed by atoms with Crippen LogP contribution in [-0.2, 0) is 0 Å². The topological polar surface area (TPSA) is 29.1 Å². The van der Waals surface area contributed by atoms with Crippen molar-refractivity contribution < 1.29 is 18.0 Å². The van der Waals surface area contributed by atoms with Gasteiger partial charge in [0.25, 0.3) is 5.91 Å². The molecule has 0 saturated heterocycles. The summed E-state index contributed by atoms with van der Waals surface area (Å²) in [6.07, 6.45) is -1.75. The van der Waals surface area contributed by atoms with Crippen LogP contribution in [0.2, 0.25) is 0 Å². The van der Waals surface area contributed by atoms with Crippen molar-refractivity contribution in [1.29, 1.82) is 0 Å². The Bertz CT molecular complexity index is 576. The van der Waals surface area contributed by atoms with E-state index in [1.807, 2.05) is 18.3 Å². The average Bonchev–Trinajstić information content (AvgIpc) is 2.31. The maximum absolute atomic E-state index is 12.1. The molecule has 5 heteroatoms. The number of amides is 1. The minimum absolute atomic E-state index is 0.247. The molecule has 0 aliphatic carbocycles. The van der Waals surface area contributed by atoms with Gasteiger partial charge in [0.1, 0.15) is 6.54 Å². The maximum atomic E-state index is 12.1. The van der Waals surface area contributed by atoms with Gasteiger partial charge in [-0.1, -0.05) is 25.6 Å². The van der Waals surface area contributed by atoms with Crippen molar-refractivity contribution >= 4 is 18.6 Å². The van der Waals surface area contributed by atoms with Gasteiger partial charge in [-0.05, 0) is 35.4 Å². The van der Waals surface area contributed by atoms with E-state index in [9.17, 15) is 18.0 Å². The van der Waals surface area contributed by atoms with Gasteiger partial charge in [0.2, 0.25) is 0 Å². The second kappa shape index (κ2) is 5.91. The second-order valence-electron chi connectivity index (χ2n) is 4.22. The Labute approximate surface area is 109 Å². The zero-order valence-corrected chi connectivity index (χ0v) is 10.9. The van der Waals surface area contributed by atoms with Gasteiger partial charge in [0.05, 0.1) is 0 Å². The lowest BCUT2D eigenvalue weighted by Crippen LogP contribution is -2.36. The molecular weight excluding hydrogens is 255 g/mol. The van der Waals surface area contributed by atoms with Gasteiger partial charge in [-0.3, -0.25) is 4.79 Å². The molecule has 0 saturated carbocycles. The molecule has 0 fully saturated rings. The third-order valence-corrected chi connectivity index (χ3v) is 2.71. The predicted molar refractivity (Wildman–Crippen MR) is 69.1 cm³/mol. The van der Waals surface area contributed by atoms with E-state index in [-0.39, 0.29) is 5.56 Å². The highest BCUT2D eigenvalue weighted by atomic mass is 19.4. The lowest BCUT2D eigenvalue weighted by molar-refractivity contribution is -0.123. The van der Waals surface area contributed by atoms with E-state index >= 15 is 0 Å². The average molecular weight is 271 g/mol. The molecule has 0 heterocycles. The summed E-state index contributed by atoms with van der Waals surface area (Å²) < 4.78 is 36.2. The van der Waals surface area contributed by atoms with Crippen molar-refractivity contribution in [3.63, 3.8) is 0 Å². The van der Waals surface area contributed by atoms with Gasteiger partial charge >= 0.3 is 6.18 Å². The van der Waals surface area contributed by atoms with Gasteiger partial charge in [-0.15, -0.1) is 0 Å². The lowest BCUT2D eigenvalue weighted by Gasteiger charge is -2.10. The van der Waals surface area contributed by atoms with Crippen molar-refractivity contribution in [2.75, 3.05) is 6.54 Å². The Morgan fingerprint density at radius 2 is 2.05 bits per heavy atom. The summed E-state index contributed by atoms with van der Waals surface area (Å²) in [4.78, 5) is 11.7. The summed E-state index contributed by atoms with van der Waals surface area (Å²) in [6, 6.07) is 3.13. The van der Waals surface area contributed by atoms with Crippen LogP contribution in [0, 0.1) is 6.92 Å². The number of alkyl halides is 3. The standard InChI is InChI=1S/C14H16F3NO/c1-4-5-11-9(2)6-7-12(10(11)3)13(19)18-8-14(15,16)17/h5-7H,2,4,8H2,1,3H3,(H,18,19)/b11-5+. The van der Waals surface area contributed by atoms with E-state index in [2.05, 4.69) is 6.58 Å². The quantitative estimate of drug-likeness (QED) is 0.893. The molecule has 2 nitrogen and oxygen atoms in total. The molecule has 1 N–H and O–H groups in total. The van der Waals surface area contributed by atoms with Crippen LogP contribution < -0.4 is 15.8 Å². The number of carbonyl (C=O) groups is 1. The van der Waals surface area contributed by atoms with Gasteiger partial charge in [-0.2, -0.15) is 13.2 Å². The number of carbonyl (C=O) groups excluding carboxylic acids is 1. The Balaban J connectivity index is 3.09. The van der Waals surface area contributed by atoms with E-state index in [1.54, 1.807) is 13.0 Å². The Kier molecular flexibility index (Phi) is 4.75. The summed E-state index contributed by atoms with van der Waals surface area (Å²) >= 11 is 0. The molecule has 0 spiro atoms. The fraction of sp³-hybridized carbons (Fsp3) is 0.357. The highest BCUT2D eigenvalue weighted by Crippen LogP contribution is 2.12. The van der Waals surface area contributed by atoms with Gasteiger partial charge < -0.3 is 5.32 Å². The van der Waals surface area contributed by atoms with Gasteiger partial charge in [0.15, 0.2) is 0 Å². The van der Waals surface area contributed by atoms with E-state index in [4.69, 9.17) is 0 Å². The minimum Gasteiger partial charge on any atom is -0.343 e. The largest absolute Gasteiger partial charge is 0.405 e. The number of rotatable bonds is 3. The first-order valence-electron chi connectivity index (χ1n) is 5.90. The minimum atomic E-state index is -4.41. The molecule has 104 valence electrons. The summed E-state index contributed by atoms with van der Waals surface area (Å²) in [5.74, 6) is -0.722. The molecule has 0 radical (unpaired) electrons. The van der Waals surface area contributed by atoms with Crippen LogP contribution in [0.15, 0.2) is 12.1 Å². The second-order valence-corrected chi connectivity index (χ2v) is 4.22. The summed E-state index contributed by atoms with van der Waals surface area (Å²) in [5.41, 5.74) is 0.894. The first-order valence-corrected chi connectivity index (χ1v) is 5.90. The SMILES string of the molecule is C=c1ccc(C(=O)NCC(F)(F)F)c(C)/c1=C/CC. The molecule has 0 unspecified atom stereocenters. The molecule has 0 atom stereocenters. The summed E-state index contributed by atoms with van der Waals surface area (Å²) in [6.45, 7) is 6.16. The Morgan fingerprint density at radius 1 is 1.42 bits per heavy atom. The van der Waals surface area contributed by atoms with Gasteiger partial charge in [-0.25, -0.2) is 0 Å². The van der Waals surface area contributed by atoms with Crippen LogP contribution in [-0.4, -0.2) is 18.6 Å². The zero-order valence-electron chi connectivity index (χ0n) is 10.9. The monoisotopic (exact) mass is 271 g/mol. The van der Waals surface area contributed by atoms with Crippen molar-refractivity contribution in [1.82, 2.24) is 5.32 Å². The number of hydrogen-bond donors (Lipinski definition) is 1. The van der Waals surface area contributed by atoms with Crippen LogP contribution >= 0.6 is 0 Å². The van der Waals surface area contributed by atoms with Crippen molar-refractivity contribution in [3.8, 4) is 0 Å². The Hall–Kier alpha value is -1.78. The molecule has 1 rings (SSSR count). The fourth-order valence-corrected chi connectivity index (χ4v) is 1.79. The smallest absolute Gasteiger partial charge is 0.343 e. The maximum Gasteiger partial charge on any atom is 0.405 e. The highest BCUT2D eigenvalue weighted by Gasteiger charge is 2.28. The summed E-state index contributed by atoms with van der Waals surface area (Å²) in [7, 11) is 0.